The predicted molar refractivity (Wildman–Crippen MR) is 87.2 cm³/mol. The van der Waals surface area contributed by atoms with E-state index < -0.39 is 0 Å². The maximum absolute atomic E-state index is 12.0. The molecule has 0 aromatic heterocycles. The fraction of sp³-hybridized carbons (Fsp3) is 0.533. The number of amides is 1. The molecule has 0 saturated heterocycles. The van der Waals surface area contributed by atoms with E-state index in [1.54, 1.807) is 24.1 Å². The summed E-state index contributed by atoms with van der Waals surface area (Å²) < 4.78 is 5.62. The molecule has 2 N–H and O–H groups in total. The third-order valence-electron chi connectivity index (χ3n) is 3.14. The Morgan fingerprint density at radius 1 is 1.33 bits per heavy atom. The molecule has 0 saturated carbocycles. The lowest BCUT2D eigenvalue weighted by Crippen LogP contribution is -2.36. The molecule has 1 aromatic rings. The van der Waals surface area contributed by atoms with Gasteiger partial charge in [0.1, 0.15) is 5.75 Å². The van der Waals surface area contributed by atoms with Crippen molar-refractivity contribution in [2.45, 2.75) is 39.3 Å². The fourth-order valence-electron chi connectivity index (χ4n) is 1.80. The molecule has 1 unspecified atom stereocenters. The standard InChI is InChI=1S/C15H22Cl2N2O2/c1-9(2)19(4)14(20)8-21-15-11(5-10(3)18)6-12(16)7-13(15)17/h6-7,9-10H,5,8,18H2,1-4H3. The number of carbonyl (C=O) groups is 1. The largest absolute Gasteiger partial charge is 0.482 e. The molecule has 1 aromatic carbocycles. The third kappa shape index (κ3) is 5.38. The van der Waals surface area contributed by atoms with E-state index in [1.165, 1.54) is 0 Å². The number of carbonyl (C=O) groups excluding carboxylic acids is 1. The third-order valence-corrected chi connectivity index (χ3v) is 3.63. The normalized spacial score (nSPS) is 12.4. The summed E-state index contributed by atoms with van der Waals surface area (Å²) in [6, 6.07) is 3.42. The maximum atomic E-state index is 12.0. The molecule has 0 aliphatic rings. The van der Waals surface area contributed by atoms with E-state index >= 15 is 0 Å². The SMILES string of the molecule is CC(N)Cc1cc(Cl)cc(Cl)c1OCC(=O)N(C)C(C)C. The summed E-state index contributed by atoms with van der Waals surface area (Å²) in [5.74, 6) is 0.367. The Kier molecular flexibility index (Phi) is 6.78. The average molecular weight is 333 g/mol. The first-order valence-corrected chi connectivity index (χ1v) is 7.60. The Hall–Kier alpha value is -0.970. The Bertz CT molecular complexity index is 505. The smallest absolute Gasteiger partial charge is 0.260 e. The van der Waals surface area contributed by atoms with Gasteiger partial charge in [-0.25, -0.2) is 0 Å². The van der Waals surface area contributed by atoms with Crippen molar-refractivity contribution in [3.63, 3.8) is 0 Å². The minimum atomic E-state index is -0.109. The van der Waals surface area contributed by atoms with E-state index in [9.17, 15) is 4.79 Å². The lowest BCUT2D eigenvalue weighted by Gasteiger charge is -2.22. The van der Waals surface area contributed by atoms with Crippen molar-refractivity contribution in [1.29, 1.82) is 0 Å². The van der Waals surface area contributed by atoms with E-state index in [0.717, 1.165) is 5.56 Å². The minimum absolute atomic E-state index is 0.0593. The van der Waals surface area contributed by atoms with Crippen LogP contribution in [0.5, 0.6) is 5.75 Å². The number of ether oxygens (including phenoxy) is 1. The second-order valence-corrected chi connectivity index (χ2v) is 6.29. The summed E-state index contributed by atoms with van der Waals surface area (Å²) >= 11 is 12.2. The highest BCUT2D eigenvalue weighted by Crippen LogP contribution is 2.33. The van der Waals surface area contributed by atoms with E-state index in [2.05, 4.69) is 0 Å². The Morgan fingerprint density at radius 3 is 2.48 bits per heavy atom. The van der Waals surface area contributed by atoms with Crippen LogP contribution in [0.4, 0.5) is 0 Å². The van der Waals surface area contributed by atoms with Crippen molar-refractivity contribution in [3.05, 3.63) is 27.7 Å². The first-order valence-electron chi connectivity index (χ1n) is 6.84. The summed E-state index contributed by atoms with van der Waals surface area (Å²) in [7, 11) is 1.74. The summed E-state index contributed by atoms with van der Waals surface area (Å²) in [5.41, 5.74) is 6.63. The van der Waals surface area contributed by atoms with Gasteiger partial charge in [-0.15, -0.1) is 0 Å². The number of rotatable bonds is 6. The van der Waals surface area contributed by atoms with Gasteiger partial charge in [-0.1, -0.05) is 23.2 Å². The van der Waals surface area contributed by atoms with Crippen molar-refractivity contribution in [2.75, 3.05) is 13.7 Å². The zero-order chi connectivity index (χ0) is 16.2. The van der Waals surface area contributed by atoms with Crippen LogP contribution in [0, 0.1) is 0 Å². The van der Waals surface area contributed by atoms with Crippen LogP contribution in [-0.4, -0.2) is 36.5 Å². The van der Waals surface area contributed by atoms with Gasteiger partial charge in [-0.05, 0) is 44.9 Å². The van der Waals surface area contributed by atoms with Gasteiger partial charge in [-0.3, -0.25) is 4.79 Å². The lowest BCUT2D eigenvalue weighted by molar-refractivity contribution is -0.133. The maximum Gasteiger partial charge on any atom is 0.260 e. The van der Waals surface area contributed by atoms with E-state index in [1.807, 2.05) is 20.8 Å². The van der Waals surface area contributed by atoms with Crippen LogP contribution in [0.25, 0.3) is 0 Å². The van der Waals surface area contributed by atoms with Crippen molar-refractivity contribution in [3.8, 4) is 5.75 Å². The summed E-state index contributed by atoms with van der Waals surface area (Å²) in [5, 5.41) is 0.909. The van der Waals surface area contributed by atoms with Crippen LogP contribution < -0.4 is 10.5 Å². The molecular weight excluding hydrogens is 311 g/mol. The molecule has 1 rings (SSSR count). The Morgan fingerprint density at radius 2 is 1.95 bits per heavy atom. The quantitative estimate of drug-likeness (QED) is 0.870. The van der Waals surface area contributed by atoms with Gasteiger partial charge in [0.15, 0.2) is 6.61 Å². The van der Waals surface area contributed by atoms with Crippen LogP contribution in [0.3, 0.4) is 0 Å². The zero-order valence-electron chi connectivity index (χ0n) is 12.8. The number of nitrogens with zero attached hydrogens (tertiary/aromatic N) is 1. The topological polar surface area (TPSA) is 55.6 Å². The van der Waals surface area contributed by atoms with E-state index in [4.69, 9.17) is 33.7 Å². The van der Waals surface area contributed by atoms with Crippen LogP contribution in [-0.2, 0) is 11.2 Å². The minimum Gasteiger partial charge on any atom is -0.482 e. The molecule has 6 heteroatoms. The molecular formula is C15H22Cl2N2O2. The van der Waals surface area contributed by atoms with Gasteiger partial charge >= 0.3 is 0 Å². The fourth-order valence-corrected chi connectivity index (χ4v) is 2.39. The highest BCUT2D eigenvalue weighted by molar-refractivity contribution is 6.35. The molecule has 0 bridgehead atoms. The molecule has 4 nitrogen and oxygen atoms in total. The lowest BCUT2D eigenvalue weighted by atomic mass is 10.1. The molecule has 0 aliphatic heterocycles. The monoisotopic (exact) mass is 332 g/mol. The number of likely N-dealkylation sites (N-methyl/N-ethyl adjacent to an activating group) is 1. The van der Waals surface area contributed by atoms with Crippen LogP contribution in [0.2, 0.25) is 10.0 Å². The molecule has 0 fully saturated rings. The zero-order valence-corrected chi connectivity index (χ0v) is 14.3. The number of benzene rings is 1. The van der Waals surface area contributed by atoms with Gasteiger partial charge < -0.3 is 15.4 Å². The molecule has 21 heavy (non-hydrogen) atoms. The second-order valence-electron chi connectivity index (χ2n) is 5.44. The van der Waals surface area contributed by atoms with E-state index in [-0.39, 0.29) is 24.6 Å². The number of hydrogen-bond donors (Lipinski definition) is 1. The number of halogens is 2. The van der Waals surface area contributed by atoms with Gasteiger partial charge in [0.05, 0.1) is 5.02 Å². The van der Waals surface area contributed by atoms with Crippen molar-refractivity contribution in [1.82, 2.24) is 4.90 Å². The molecule has 1 amide bonds. The van der Waals surface area contributed by atoms with Crippen molar-refractivity contribution in [2.24, 2.45) is 5.73 Å². The van der Waals surface area contributed by atoms with Crippen molar-refractivity contribution < 1.29 is 9.53 Å². The van der Waals surface area contributed by atoms with Gasteiger partial charge in [0.25, 0.3) is 5.91 Å². The van der Waals surface area contributed by atoms with Crippen molar-refractivity contribution >= 4 is 29.1 Å². The van der Waals surface area contributed by atoms with Crippen LogP contribution in [0.15, 0.2) is 12.1 Å². The summed E-state index contributed by atoms with van der Waals surface area (Å²) in [4.78, 5) is 13.6. The van der Waals surface area contributed by atoms with E-state index in [0.29, 0.717) is 22.2 Å². The molecule has 0 spiro atoms. The number of hydrogen-bond acceptors (Lipinski definition) is 3. The van der Waals surface area contributed by atoms with Gasteiger partial charge in [-0.2, -0.15) is 0 Å². The van der Waals surface area contributed by atoms with Gasteiger partial charge in [0.2, 0.25) is 0 Å². The summed E-state index contributed by atoms with van der Waals surface area (Å²) in [6.45, 7) is 5.70. The second kappa shape index (κ2) is 7.87. The summed E-state index contributed by atoms with van der Waals surface area (Å²) in [6.07, 6.45) is 0.573. The predicted octanol–water partition coefficient (Wildman–Crippen LogP) is 3.13. The molecule has 0 radical (unpaired) electrons. The van der Waals surface area contributed by atoms with Crippen LogP contribution in [0.1, 0.15) is 26.3 Å². The average Bonchev–Trinajstić information content (AvgIpc) is 2.35. The first kappa shape index (κ1) is 18.1. The Balaban J connectivity index is 2.89. The molecule has 0 aliphatic carbocycles. The number of nitrogens with two attached hydrogens (primary N) is 1. The molecule has 0 heterocycles. The highest BCUT2D eigenvalue weighted by Gasteiger charge is 2.16. The highest BCUT2D eigenvalue weighted by atomic mass is 35.5. The molecule has 1 atom stereocenters. The molecule has 118 valence electrons. The first-order chi connectivity index (χ1) is 9.72. The Labute approximate surface area is 136 Å². The van der Waals surface area contributed by atoms with Crippen LogP contribution >= 0.6 is 23.2 Å². The van der Waals surface area contributed by atoms with Gasteiger partial charge in [0, 0.05) is 24.2 Å².